The SMILES string of the molecule is COC(=O)c1ccc(C(=O)c2cccnc2)cc1. The van der Waals surface area contributed by atoms with Crippen molar-refractivity contribution in [3.05, 3.63) is 65.5 Å². The summed E-state index contributed by atoms with van der Waals surface area (Å²) in [6.07, 6.45) is 3.12. The molecule has 0 N–H and O–H groups in total. The Balaban J connectivity index is 2.25. The lowest BCUT2D eigenvalue weighted by atomic mass is 10.0. The largest absolute Gasteiger partial charge is 0.465 e. The zero-order valence-electron chi connectivity index (χ0n) is 9.79. The number of pyridine rings is 1. The minimum Gasteiger partial charge on any atom is -0.465 e. The molecule has 1 heterocycles. The summed E-state index contributed by atoms with van der Waals surface area (Å²) in [4.78, 5) is 27.2. The molecule has 0 bridgehead atoms. The normalized spacial score (nSPS) is 9.83. The predicted molar refractivity (Wildman–Crippen MR) is 65.5 cm³/mol. The highest BCUT2D eigenvalue weighted by molar-refractivity contribution is 6.09. The lowest BCUT2D eigenvalue weighted by molar-refractivity contribution is 0.0600. The highest BCUT2D eigenvalue weighted by Crippen LogP contribution is 2.10. The van der Waals surface area contributed by atoms with E-state index in [0.29, 0.717) is 16.7 Å². The summed E-state index contributed by atoms with van der Waals surface area (Å²) in [5.74, 6) is -0.546. The quantitative estimate of drug-likeness (QED) is 0.610. The molecule has 4 nitrogen and oxygen atoms in total. The number of methoxy groups -OCH3 is 1. The second-order valence-corrected chi connectivity index (χ2v) is 3.64. The Bertz CT molecular complexity index is 561. The van der Waals surface area contributed by atoms with Crippen LogP contribution >= 0.6 is 0 Å². The van der Waals surface area contributed by atoms with Gasteiger partial charge in [-0.2, -0.15) is 0 Å². The zero-order valence-corrected chi connectivity index (χ0v) is 9.79. The van der Waals surface area contributed by atoms with Crippen molar-refractivity contribution in [2.45, 2.75) is 0 Å². The number of carbonyl (C=O) groups excluding carboxylic acids is 2. The summed E-state index contributed by atoms with van der Waals surface area (Å²) in [7, 11) is 1.32. The van der Waals surface area contributed by atoms with E-state index in [-0.39, 0.29) is 5.78 Å². The second-order valence-electron chi connectivity index (χ2n) is 3.64. The van der Waals surface area contributed by atoms with Crippen molar-refractivity contribution in [3.8, 4) is 0 Å². The zero-order chi connectivity index (χ0) is 13.0. The van der Waals surface area contributed by atoms with Gasteiger partial charge in [-0.3, -0.25) is 9.78 Å². The molecule has 0 saturated heterocycles. The summed E-state index contributed by atoms with van der Waals surface area (Å²) < 4.78 is 4.59. The minimum atomic E-state index is -0.421. The number of ketones is 1. The van der Waals surface area contributed by atoms with Crippen LogP contribution in [0.3, 0.4) is 0 Å². The monoisotopic (exact) mass is 241 g/mol. The molecule has 1 aromatic heterocycles. The van der Waals surface area contributed by atoms with E-state index < -0.39 is 5.97 Å². The Morgan fingerprint density at radius 1 is 1.00 bits per heavy atom. The fourth-order valence-electron chi connectivity index (χ4n) is 1.54. The van der Waals surface area contributed by atoms with E-state index in [9.17, 15) is 9.59 Å². The van der Waals surface area contributed by atoms with Gasteiger partial charge in [0, 0.05) is 23.5 Å². The lowest BCUT2D eigenvalue weighted by Crippen LogP contribution is -2.04. The van der Waals surface area contributed by atoms with Crippen molar-refractivity contribution in [3.63, 3.8) is 0 Å². The van der Waals surface area contributed by atoms with E-state index in [1.807, 2.05) is 0 Å². The molecule has 0 aliphatic carbocycles. The molecule has 0 spiro atoms. The third kappa shape index (κ3) is 2.43. The number of hydrogen-bond acceptors (Lipinski definition) is 4. The summed E-state index contributed by atoms with van der Waals surface area (Å²) in [6, 6.07) is 9.73. The molecule has 0 amide bonds. The van der Waals surface area contributed by atoms with Crippen LogP contribution in [0.2, 0.25) is 0 Å². The van der Waals surface area contributed by atoms with Gasteiger partial charge in [0.2, 0.25) is 0 Å². The average molecular weight is 241 g/mol. The van der Waals surface area contributed by atoms with Crippen molar-refractivity contribution in [2.75, 3.05) is 7.11 Å². The second kappa shape index (κ2) is 5.23. The number of esters is 1. The molecule has 90 valence electrons. The molecule has 0 aliphatic heterocycles. The van der Waals surface area contributed by atoms with Crippen LogP contribution in [0.1, 0.15) is 26.3 Å². The van der Waals surface area contributed by atoms with Crippen molar-refractivity contribution in [2.24, 2.45) is 0 Å². The first-order valence-corrected chi connectivity index (χ1v) is 5.35. The number of hydrogen-bond donors (Lipinski definition) is 0. The third-order valence-electron chi connectivity index (χ3n) is 2.49. The number of nitrogens with zero attached hydrogens (tertiary/aromatic N) is 1. The smallest absolute Gasteiger partial charge is 0.337 e. The average Bonchev–Trinajstić information content (AvgIpc) is 2.47. The Labute approximate surface area is 104 Å². The maximum atomic E-state index is 12.0. The Kier molecular flexibility index (Phi) is 3.48. The van der Waals surface area contributed by atoms with Crippen LogP contribution < -0.4 is 0 Å². The van der Waals surface area contributed by atoms with Gasteiger partial charge >= 0.3 is 5.97 Å². The van der Waals surface area contributed by atoms with Gasteiger partial charge in [0.15, 0.2) is 5.78 Å². The van der Waals surface area contributed by atoms with Crippen LogP contribution in [0.5, 0.6) is 0 Å². The van der Waals surface area contributed by atoms with Gasteiger partial charge < -0.3 is 4.74 Å². The summed E-state index contributed by atoms with van der Waals surface area (Å²) in [5, 5.41) is 0. The van der Waals surface area contributed by atoms with Crippen LogP contribution in [-0.4, -0.2) is 23.8 Å². The van der Waals surface area contributed by atoms with Gasteiger partial charge in [0.05, 0.1) is 12.7 Å². The van der Waals surface area contributed by atoms with Gasteiger partial charge in [-0.25, -0.2) is 4.79 Å². The van der Waals surface area contributed by atoms with Crippen molar-refractivity contribution in [1.29, 1.82) is 0 Å². The topological polar surface area (TPSA) is 56.3 Å². The highest BCUT2D eigenvalue weighted by Gasteiger charge is 2.10. The van der Waals surface area contributed by atoms with E-state index in [4.69, 9.17) is 0 Å². The van der Waals surface area contributed by atoms with Crippen LogP contribution in [0.15, 0.2) is 48.8 Å². The Hall–Kier alpha value is -2.49. The molecule has 2 aromatic rings. The Morgan fingerprint density at radius 2 is 1.67 bits per heavy atom. The highest BCUT2D eigenvalue weighted by atomic mass is 16.5. The van der Waals surface area contributed by atoms with Crippen LogP contribution in [0.25, 0.3) is 0 Å². The van der Waals surface area contributed by atoms with Gasteiger partial charge in [0.1, 0.15) is 0 Å². The number of carbonyl (C=O) groups is 2. The number of ether oxygens (including phenoxy) is 1. The van der Waals surface area contributed by atoms with E-state index in [0.717, 1.165) is 0 Å². The van der Waals surface area contributed by atoms with Gasteiger partial charge in [-0.05, 0) is 24.3 Å². The molecule has 2 rings (SSSR count). The first-order valence-electron chi connectivity index (χ1n) is 5.35. The van der Waals surface area contributed by atoms with Gasteiger partial charge in [0.25, 0.3) is 0 Å². The van der Waals surface area contributed by atoms with Crippen molar-refractivity contribution < 1.29 is 14.3 Å². The molecule has 0 fully saturated rings. The molecule has 18 heavy (non-hydrogen) atoms. The number of aromatic nitrogens is 1. The first kappa shape index (κ1) is 12.0. The maximum absolute atomic E-state index is 12.0. The fraction of sp³-hybridized carbons (Fsp3) is 0.0714. The standard InChI is InChI=1S/C14H11NO3/c1-18-14(17)11-6-4-10(5-7-11)13(16)12-3-2-8-15-9-12/h2-9H,1H3. The maximum Gasteiger partial charge on any atom is 0.337 e. The van der Waals surface area contributed by atoms with Crippen LogP contribution in [0.4, 0.5) is 0 Å². The molecule has 0 unspecified atom stereocenters. The Morgan fingerprint density at radius 3 is 2.22 bits per heavy atom. The minimum absolute atomic E-state index is 0.125. The molecule has 0 aliphatic rings. The summed E-state index contributed by atoms with van der Waals surface area (Å²) >= 11 is 0. The molecular formula is C14H11NO3. The molecule has 4 heteroatoms. The van der Waals surface area contributed by atoms with E-state index in [1.165, 1.54) is 13.3 Å². The third-order valence-corrected chi connectivity index (χ3v) is 2.49. The molecular weight excluding hydrogens is 230 g/mol. The van der Waals surface area contributed by atoms with Crippen molar-refractivity contribution in [1.82, 2.24) is 4.98 Å². The predicted octanol–water partition coefficient (Wildman–Crippen LogP) is 2.10. The van der Waals surface area contributed by atoms with Gasteiger partial charge in [-0.15, -0.1) is 0 Å². The number of rotatable bonds is 3. The molecule has 1 aromatic carbocycles. The van der Waals surface area contributed by atoms with E-state index >= 15 is 0 Å². The first-order chi connectivity index (χ1) is 8.72. The van der Waals surface area contributed by atoms with Gasteiger partial charge in [-0.1, -0.05) is 12.1 Å². The molecule has 0 saturated carbocycles. The summed E-state index contributed by atoms with van der Waals surface area (Å²) in [6.45, 7) is 0. The number of benzene rings is 1. The summed E-state index contributed by atoms with van der Waals surface area (Å²) in [5.41, 5.74) is 1.44. The van der Waals surface area contributed by atoms with Crippen LogP contribution in [0, 0.1) is 0 Å². The lowest BCUT2D eigenvalue weighted by Gasteiger charge is -2.02. The molecule has 0 atom stereocenters. The van der Waals surface area contributed by atoms with Crippen LogP contribution in [-0.2, 0) is 4.74 Å². The van der Waals surface area contributed by atoms with E-state index in [2.05, 4.69) is 9.72 Å². The van der Waals surface area contributed by atoms with E-state index in [1.54, 1.807) is 42.6 Å². The van der Waals surface area contributed by atoms with Crippen molar-refractivity contribution >= 4 is 11.8 Å². The fourth-order valence-corrected chi connectivity index (χ4v) is 1.54. The molecule has 0 radical (unpaired) electrons.